The number of anilines is 3. The first-order chi connectivity index (χ1) is 29.0. The zero-order valence-corrected chi connectivity index (χ0v) is 33.7. The number of carbonyl (C=O) groups is 4. The van der Waals surface area contributed by atoms with Gasteiger partial charge in [0.15, 0.2) is 17.4 Å². The fraction of sp³-hybridized carbons (Fsp3) is 0.432. The van der Waals surface area contributed by atoms with Gasteiger partial charge in [0.1, 0.15) is 29.9 Å². The average Bonchev–Trinajstić information content (AvgIpc) is 3.50. The monoisotopic (exact) mass is 822 g/mol. The fourth-order valence-electron chi connectivity index (χ4n) is 8.51. The van der Waals surface area contributed by atoms with E-state index >= 15 is 8.78 Å². The van der Waals surface area contributed by atoms with Gasteiger partial charge in [-0.25, -0.2) is 23.7 Å². The summed E-state index contributed by atoms with van der Waals surface area (Å²) in [6.45, 7) is 8.39. The quantitative estimate of drug-likeness (QED) is 0.107. The summed E-state index contributed by atoms with van der Waals surface area (Å²) in [5, 5.41) is 5.28. The molecular formula is C44H48F2N8O6. The number of hydrogen-bond donors (Lipinski definition) is 2. The number of ether oxygens (including phenoxy) is 2. The van der Waals surface area contributed by atoms with Crippen molar-refractivity contribution in [2.45, 2.75) is 83.2 Å². The Morgan fingerprint density at radius 2 is 1.73 bits per heavy atom. The predicted molar refractivity (Wildman–Crippen MR) is 218 cm³/mol. The van der Waals surface area contributed by atoms with E-state index in [1.807, 2.05) is 37.1 Å². The van der Waals surface area contributed by atoms with Crippen LogP contribution in [0.3, 0.4) is 0 Å². The molecule has 2 fully saturated rings. The summed E-state index contributed by atoms with van der Waals surface area (Å²) in [5.41, 5.74) is 2.37. The van der Waals surface area contributed by atoms with Crippen molar-refractivity contribution >= 4 is 41.1 Å². The standard InChI is InChI=1S/C44H48F2N8O6/c1-26(2)53-19-21-60-40-31(45)22-29(23-34(40)53)39-32(46)25-48-44(51-39)49-36-12-10-28(24-47-36)27-14-17-52(18-15-27)16-5-3-4-6-20-59-35-9-7-8-30-38(35)43(58)54(42(30)57)33-11-13-37(55)50-41(33)56/h7-10,12,22-27,33H,3-6,11,13-21H2,1-2H3,(H,50,55,56)(H,47,48,49,51). The summed E-state index contributed by atoms with van der Waals surface area (Å²) in [7, 11) is 0. The van der Waals surface area contributed by atoms with Crippen molar-refractivity contribution < 1.29 is 37.4 Å². The third-order valence-electron chi connectivity index (χ3n) is 11.7. The lowest BCUT2D eigenvalue weighted by Gasteiger charge is -2.34. The van der Waals surface area contributed by atoms with Gasteiger partial charge in [-0.15, -0.1) is 0 Å². The molecule has 4 aliphatic heterocycles. The lowest BCUT2D eigenvalue weighted by molar-refractivity contribution is -0.136. The third kappa shape index (κ3) is 8.51. The Balaban J connectivity index is 0.763. The Labute approximate surface area is 346 Å². The molecule has 0 saturated carbocycles. The molecule has 1 unspecified atom stereocenters. The number of amides is 4. The Kier molecular flexibility index (Phi) is 12.0. The number of imide groups is 2. The van der Waals surface area contributed by atoms with Crippen LogP contribution in [0.4, 0.5) is 26.2 Å². The molecular weight excluding hydrogens is 775 g/mol. The van der Waals surface area contributed by atoms with Crippen molar-refractivity contribution in [3.8, 4) is 22.8 Å². The normalized spacial score (nSPS) is 18.4. The number of piperidine rings is 2. The van der Waals surface area contributed by atoms with E-state index in [0.717, 1.165) is 74.8 Å². The number of nitrogens with zero attached hydrogens (tertiary/aromatic N) is 6. The molecule has 0 radical (unpaired) electrons. The average molecular weight is 823 g/mol. The van der Waals surface area contributed by atoms with Crippen LogP contribution in [0.15, 0.2) is 54.9 Å². The molecule has 4 amide bonds. The highest BCUT2D eigenvalue weighted by molar-refractivity contribution is 6.24. The van der Waals surface area contributed by atoms with Gasteiger partial charge in [-0.2, -0.15) is 0 Å². The molecule has 6 heterocycles. The number of rotatable bonds is 14. The van der Waals surface area contributed by atoms with Crippen LogP contribution in [0.1, 0.15) is 97.4 Å². The van der Waals surface area contributed by atoms with Gasteiger partial charge in [0.2, 0.25) is 17.8 Å². The maximum atomic E-state index is 15.1. The van der Waals surface area contributed by atoms with Crippen molar-refractivity contribution in [3.63, 3.8) is 0 Å². The van der Waals surface area contributed by atoms with E-state index in [9.17, 15) is 19.2 Å². The Hall–Kier alpha value is -6.03. The topological polar surface area (TPSA) is 159 Å². The number of benzene rings is 2. The molecule has 0 aliphatic carbocycles. The molecule has 2 aromatic heterocycles. The first kappa shape index (κ1) is 40.7. The summed E-state index contributed by atoms with van der Waals surface area (Å²) in [6.07, 6.45) is 8.98. The van der Waals surface area contributed by atoms with Crippen molar-refractivity contribution in [2.75, 3.05) is 49.6 Å². The minimum Gasteiger partial charge on any atom is -0.493 e. The summed E-state index contributed by atoms with van der Waals surface area (Å²) in [6, 6.07) is 10.8. The largest absolute Gasteiger partial charge is 0.493 e. The van der Waals surface area contributed by atoms with Crippen molar-refractivity contribution in [2.24, 2.45) is 0 Å². The van der Waals surface area contributed by atoms with Crippen LogP contribution in [0.5, 0.6) is 11.5 Å². The van der Waals surface area contributed by atoms with Gasteiger partial charge in [0.05, 0.1) is 36.2 Å². The summed E-state index contributed by atoms with van der Waals surface area (Å²) < 4.78 is 41.7. The van der Waals surface area contributed by atoms with Crippen molar-refractivity contribution in [1.29, 1.82) is 0 Å². The number of fused-ring (bicyclic) bond motifs is 2. The van der Waals surface area contributed by atoms with E-state index < -0.39 is 41.3 Å². The number of pyridine rings is 1. The van der Waals surface area contributed by atoms with Gasteiger partial charge in [0.25, 0.3) is 11.8 Å². The van der Waals surface area contributed by atoms with Crippen LogP contribution in [0.25, 0.3) is 11.3 Å². The maximum absolute atomic E-state index is 15.1. The molecule has 2 N–H and O–H groups in total. The number of unbranched alkanes of at least 4 members (excludes halogenated alkanes) is 3. The zero-order chi connectivity index (χ0) is 41.9. The van der Waals surface area contributed by atoms with Crippen molar-refractivity contribution in [1.82, 2.24) is 30.1 Å². The Bertz CT molecular complexity index is 2280. The lowest BCUT2D eigenvalue weighted by atomic mass is 9.90. The van der Waals surface area contributed by atoms with Gasteiger partial charge in [-0.1, -0.05) is 25.0 Å². The van der Waals surface area contributed by atoms with E-state index in [2.05, 4.69) is 30.5 Å². The third-order valence-corrected chi connectivity index (χ3v) is 11.7. The predicted octanol–water partition coefficient (Wildman–Crippen LogP) is 6.39. The van der Waals surface area contributed by atoms with Gasteiger partial charge >= 0.3 is 0 Å². The highest BCUT2D eigenvalue weighted by Crippen LogP contribution is 2.40. The zero-order valence-electron chi connectivity index (χ0n) is 33.7. The SMILES string of the molecule is CC(C)N1CCOc2c(F)cc(-c3nc(Nc4ccc(C5CCN(CCCCCCOc6cccc7c6C(=O)N(C6CCC(=O)NC6=O)C7=O)CC5)cn4)ncc3F)cc21. The smallest absolute Gasteiger partial charge is 0.266 e. The van der Waals surface area contributed by atoms with Crippen LogP contribution in [-0.2, 0) is 9.59 Å². The maximum Gasteiger partial charge on any atom is 0.266 e. The molecule has 0 bridgehead atoms. The molecule has 14 nitrogen and oxygen atoms in total. The number of halogens is 2. The Morgan fingerprint density at radius 3 is 2.50 bits per heavy atom. The molecule has 2 saturated heterocycles. The van der Waals surface area contributed by atoms with E-state index in [-0.39, 0.29) is 47.4 Å². The van der Waals surface area contributed by atoms with E-state index in [4.69, 9.17) is 9.47 Å². The first-order valence-corrected chi connectivity index (χ1v) is 20.7. The second kappa shape index (κ2) is 17.7. The summed E-state index contributed by atoms with van der Waals surface area (Å²) >= 11 is 0. The van der Waals surface area contributed by atoms with Gasteiger partial charge in [-0.05, 0) is 107 Å². The highest BCUT2D eigenvalue weighted by Gasteiger charge is 2.46. The molecule has 4 aromatic rings. The second-order valence-electron chi connectivity index (χ2n) is 15.9. The lowest BCUT2D eigenvalue weighted by Crippen LogP contribution is -2.54. The number of nitrogens with one attached hydrogen (secondary N) is 2. The molecule has 0 spiro atoms. The number of likely N-dealkylation sites (tertiary alicyclic amines) is 1. The number of hydrogen-bond acceptors (Lipinski definition) is 12. The van der Waals surface area contributed by atoms with Gasteiger partial charge in [-0.3, -0.25) is 29.4 Å². The molecule has 2 aromatic carbocycles. The minimum atomic E-state index is -1.02. The minimum absolute atomic E-state index is 0.0205. The fourth-order valence-corrected chi connectivity index (χ4v) is 8.51. The van der Waals surface area contributed by atoms with Crippen LogP contribution >= 0.6 is 0 Å². The van der Waals surface area contributed by atoms with E-state index in [1.165, 1.54) is 6.07 Å². The first-order valence-electron chi connectivity index (χ1n) is 20.7. The van der Waals surface area contributed by atoms with Crippen LogP contribution in [0.2, 0.25) is 0 Å². The van der Waals surface area contributed by atoms with E-state index in [1.54, 1.807) is 24.3 Å². The number of carbonyl (C=O) groups excluding carboxylic acids is 4. The molecule has 60 heavy (non-hydrogen) atoms. The molecule has 314 valence electrons. The molecule has 16 heteroatoms. The van der Waals surface area contributed by atoms with Crippen LogP contribution in [0, 0.1) is 11.6 Å². The molecule has 4 aliphatic rings. The summed E-state index contributed by atoms with van der Waals surface area (Å²) in [4.78, 5) is 68.9. The van der Waals surface area contributed by atoms with Gasteiger partial charge in [0, 0.05) is 24.2 Å². The molecule has 8 rings (SSSR count). The number of aromatic nitrogens is 3. The van der Waals surface area contributed by atoms with Crippen LogP contribution in [-0.4, -0.2) is 99.9 Å². The van der Waals surface area contributed by atoms with Crippen molar-refractivity contribution in [3.05, 3.63) is 83.2 Å². The molecule has 1 atom stereocenters. The van der Waals surface area contributed by atoms with Crippen LogP contribution < -0.4 is 25.0 Å². The second-order valence-corrected chi connectivity index (χ2v) is 15.9. The Morgan fingerprint density at radius 1 is 0.917 bits per heavy atom. The summed E-state index contributed by atoms with van der Waals surface area (Å²) in [5.74, 6) is -1.86. The van der Waals surface area contributed by atoms with E-state index in [0.29, 0.717) is 48.5 Å². The van der Waals surface area contributed by atoms with Gasteiger partial charge < -0.3 is 24.6 Å². The highest BCUT2D eigenvalue weighted by atomic mass is 19.1.